The first kappa shape index (κ1) is 34.8. The number of hydrogen-bond donors (Lipinski definition) is 1. The van der Waals surface area contributed by atoms with Gasteiger partial charge in [-0.1, -0.05) is 12.7 Å². The van der Waals surface area contributed by atoms with E-state index in [9.17, 15) is 41.0 Å². The van der Waals surface area contributed by atoms with E-state index < -0.39 is 59.2 Å². The number of aliphatic carboxylic acids is 1. The second kappa shape index (κ2) is 13.2. The third-order valence-corrected chi connectivity index (χ3v) is 9.23. The fourth-order valence-corrected chi connectivity index (χ4v) is 6.15. The maximum Gasteiger partial charge on any atom is 0.416 e. The lowest BCUT2D eigenvalue weighted by molar-refractivity contribution is -0.146. The molecule has 1 amide bonds. The number of amides is 1. The molecule has 3 aliphatic rings. The summed E-state index contributed by atoms with van der Waals surface area (Å²) in [6.45, 7) is 8.69. The van der Waals surface area contributed by atoms with Crippen LogP contribution in [-0.4, -0.2) is 53.3 Å². The van der Waals surface area contributed by atoms with Gasteiger partial charge >= 0.3 is 24.4 Å². The van der Waals surface area contributed by atoms with Crippen LogP contribution in [0.4, 0.5) is 37.0 Å². The Morgan fingerprint density at radius 3 is 2.21 bits per heavy atom. The van der Waals surface area contributed by atoms with Crippen LogP contribution in [0, 0.1) is 11.8 Å². The Morgan fingerprint density at radius 2 is 1.71 bits per heavy atom. The van der Waals surface area contributed by atoms with Gasteiger partial charge < -0.3 is 19.5 Å². The van der Waals surface area contributed by atoms with Gasteiger partial charge in [-0.3, -0.25) is 9.69 Å². The van der Waals surface area contributed by atoms with Crippen LogP contribution < -0.4 is 4.90 Å². The van der Waals surface area contributed by atoms with E-state index >= 15 is 0 Å². The van der Waals surface area contributed by atoms with Gasteiger partial charge in [0.05, 0.1) is 42.4 Å². The Bertz CT molecular complexity index is 1620. The molecule has 5 rings (SSSR count). The summed E-state index contributed by atoms with van der Waals surface area (Å²) in [5.74, 6) is -0.427. The molecule has 0 unspecified atom stereocenters. The third-order valence-electron chi connectivity index (χ3n) is 9.23. The molecule has 14 heteroatoms. The molecule has 258 valence electrons. The maximum absolute atomic E-state index is 13.6. The molecule has 3 fully saturated rings. The molecular weight excluding hydrogens is 644 g/mol. The van der Waals surface area contributed by atoms with E-state index in [2.05, 4.69) is 6.58 Å². The van der Waals surface area contributed by atoms with Crippen LogP contribution in [0.25, 0.3) is 5.57 Å². The van der Waals surface area contributed by atoms with Gasteiger partial charge in [0.2, 0.25) is 0 Å². The van der Waals surface area contributed by atoms with E-state index in [-0.39, 0.29) is 24.3 Å². The van der Waals surface area contributed by atoms with Crippen molar-refractivity contribution in [3.63, 3.8) is 0 Å². The predicted octanol–water partition coefficient (Wildman–Crippen LogP) is 8.01. The van der Waals surface area contributed by atoms with Crippen molar-refractivity contribution in [2.75, 3.05) is 25.1 Å². The van der Waals surface area contributed by atoms with E-state index in [0.717, 1.165) is 25.1 Å². The van der Waals surface area contributed by atoms with E-state index in [1.54, 1.807) is 6.07 Å². The number of halogens is 6. The molecule has 0 radical (unpaired) electrons. The third kappa shape index (κ3) is 7.02. The van der Waals surface area contributed by atoms with E-state index in [0.29, 0.717) is 47.6 Å². The van der Waals surface area contributed by atoms with Crippen LogP contribution in [-0.2, 0) is 33.2 Å². The Morgan fingerprint density at radius 1 is 1.08 bits per heavy atom. The summed E-state index contributed by atoms with van der Waals surface area (Å²) in [5, 5.41) is 9.37. The monoisotopic (exact) mass is 679 g/mol. The van der Waals surface area contributed by atoms with E-state index in [4.69, 9.17) is 14.5 Å². The van der Waals surface area contributed by atoms with Gasteiger partial charge in [0.15, 0.2) is 0 Å². The Hall–Kier alpha value is -4.49. The van der Waals surface area contributed by atoms with Gasteiger partial charge in [0, 0.05) is 24.2 Å². The summed E-state index contributed by atoms with van der Waals surface area (Å²) >= 11 is 0. The highest BCUT2D eigenvalue weighted by molar-refractivity contribution is 5.81. The molecule has 2 atom stereocenters. The summed E-state index contributed by atoms with van der Waals surface area (Å²) in [6, 6.07) is 3.80. The molecule has 1 aromatic carbocycles. The minimum absolute atomic E-state index is 0.0177. The zero-order valence-corrected chi connectivity index (χ0v) is 26.5. The molecule has 2 aromatic rings. The fourth-order valence-electron chi connectivity index (χ4n) is 6.15. The summed E-state index contributed by atoms with van der Waals surface area (Å²) in [4.78, 5) is 32.8. The van der Waals surface area contributed by atoms with Crippen LogP contribution >= 0.6 is 0 Å². The first-order valence-corrected chi connectivity index (χ1v) is 15.4. The Labute approximate surface area is 273 Å². The number of methoxy groups -OCH3 is 1. The number of nitrogens with zero attached hydrogens (tertiary/aromatic N) is 3. The van der Waals surface area contributed by atoms with Gasteiger partial charge in [-0.25, -0.2) is 9.78 Å². The summed E-state index contributed by atoms with van der Waals surface area (Å²) in [5.41, 5.74) is -1.16. The van der Waals surface area contributed by atoms with Crippen LogP contribution in [0.3, 0.4) is 0 Å². The molecule has 0 spiro atoms. The quantitative estimate of drug-likeness (QED) is 0.155. The predicted molar refractivity (Wildman–Crippen MR) is 163 cm³/mol. The standard InChI is InChI=1S/C34H35F6N3O5/c1-5-20(21-11-23(12-21)31(44)45)15-27(19(3)47-4)26-7-8-29(42-9-6-10-42)41-28(26)17-43-18(2)30(48-32(43)46)22-13-24(33(35,36)37)16-25(14-22)34(38,39)40/h5,7-8,13-16,18,21,23,30H,3,6,9-12,17H2,1-2,4H3,(H,44,45)/b20-5+,27-15+/t18-,21-,23-,30-/m0/s1. The van der Waals surface area contributed by atoms with Crippen molar-refractivity contribution in [1.82, 2.24) is 9.88 Å². The number of carbonyl (C=O) groups is 2. The van der Waals surface area contributed by atoms with Gasteiger partial charge in [0.25, 0.3) is 0 Å². The van der Waals surface area contributed by atoms with Crippen molar-refractivity contribution in [3.8, 4) is 0 Å². The fraction of sp³-hybridized carbons (Fsp3) is 0.441. The SMILES string of the molecule is C=C(OC)/C(=C\C(=C/C)[C@H]1C[C@H](C(=O)O)C1)c1ccc(N2CCC2)nc1CN1C(=O)O[C@H](c2cc(C(F)(F)F)cc(C(F)(F)F)c2)[C@@H]1C. The number of hydrogen-bond acceptors (Lipinski definition) is 6. The summed E-state index contributed by atoms with van der Waals surface area (Å²) in [7, 11) is 1.44. The largest absolute Gasteiger partial charge is 0.497 e. The number of carboxylic acid groups (broad SMARTS) is 1. The number of ether oxygens (including phenoxy) is 2. The average molecular weight is 680 g/mol. The number of carboxylic acids is 1. The van der Waals surface area contributed by atoms with Crippen molar-refractivity contribution in [3.05, 3.63) is 88.3 Å². The molecular formula is C34H35F6N3O5. The molecule has 1 aliphatic carbocycles. The van der Waals surface area contributed by atoms with Crippen LogP contribution in [0.5, 0.6) is 0 Å². The molecule has 2 aliphatic heterocycles. The van der Waals surface area contributed by atoms with Gasteiger partial charge in [0.1, 0.15) is 17.7 Å². The second-order valence-corrected chi connectivity index (χ2v) is 12.2. The van der Waals surface area contributed by atoms with Crippen LogP contribution in [0.15, 0.2) is 60.4 Å². The number of anilines is 1. The number of carbonyl (C=O) groups excluding carboxylic acids is 1. The molecule has 3 heterocycles. The summed E-state index contributed by atoms with van der Waals surface area (Å²) < 4.78 is 92.6. The molecule has 1 saturated carbocycles. The van der Waals surface area contributed by atoms with Gasteiger partial charge in [-0.15, -0.1) is 0 Å². The van der Waals surface area contributed by atoms with Crippen molar-refractivity contribution in [1.29, 1.82) is 0 Å². The minimum Gasteiger partial charge on any atom is -0.497 e. The molecule has 8 nitrogen and oxygen atoms in total. The van der Waals surface area contributed by atoms with Crippen molar-refractivity contribution < 1.29 is 50.5 Å². The molecule has 1 N–H and O–H groups in total. The molecule has 2 saturated heterocycles. The van der Waals surface area contributed by atoms with Gasteiger partial charge in [-0.2, -0.15) is 26.3 Å². The normalized spacial score (nSPS) is 23.4. The van der Waals surface area contributed by atoms with Crippen molar-refractivity contribution >= 4 is 23.5 Å². The second-order valence-electron chi connectivity index (χ2n) is 12.2. The lowest BCUT2D eigenvalue weighted by Crippen LogP contribution is -2.38. The first-order chi connectivity index (χ1) is 22.5. The van der Waals surface area contributed by atoms with Crippen LogP contribution in [0.2, 0.25) is 0 Å². The van der Waals surface area contributed by atoms with Crippen molar-refractivity contribution in [2.24, 2.45) is 11.8 Å². The number of benzene rings is 1. The number of pyridine rings is 1. The van der Waals surface area contributed by atoms with Gasteiger partial charge in [-0.05, 0) is 86.6 Å². The lowest BCUT2D eigenvalue weighted by atomic mass is 9.70. The van der Waals surface area contributed by atoms with Crippen molar-refractivity contribution in [2.45, 2.75) is 64.2 Å². The highest BCUT2D eigenvalue weighted by Crippen LogP contribution is 2.43. The zero-order valence-electron chi connectivity index (χ0n) is 26.5. The molecule has 1 aromatic heterocycles. The first-order valence-electron chi connectivity index (χ1n) is 15.4. The summed E-state index contributed by atoms with van der Waals surface area (Å²) in [6.07, 6.45) is -6.89. The van der Waals surface area contributed by atoms with E-state index in [1.165, 1.54) is 18.9 Å². The average Bonchev–Trinajstić information content (AvgIpc) is 3.24. The number of allylic oxidation sites excluding steroid dienone is 4. The maximum atomic E-state index is 13.6. The Kier molecular flexibility index (Phi) is 9.57. The number of alkyl halides is 6. The minimum atomic E-state index is -5.07. The number of cyclic esters (lactones) is 1. The number of aromatic nitrogens is 1. The zero-order chi connectivity index (χ0) is 35.1. The lowest BCUT2D eigenvalue weighted by Gasteiger charge is -2.34. The topological polar surface area (TPSA) is 92.2 Å². The smallest absolute Gasteiger partial charge is 0.416 e. The van der Waals surface area contributed by atoms with E-state index in [1.807, 2.05) is 30.0 Å². The molecule has 48 heavy (non-hydrogen) atoms. The highest BCUT2D eigenvalue weighted by Gasteiger charge is 2.44. The highest BCUT2D eigenvalue weighted by atomic mass is 19.4. The van der Waals surface area contributed by atoms with Crippen LogP contribution in [0.1, 0.15) is 67.2 Å². The Balaban J connectivity index is 1.52. The number of rotatable bonds is 10. The molecule has 0 bridgehead atoms.